The van der Waals surface area contributed by atoms with Gasteiger partial charge < -0.3 is 30.5 Å². The number of hydrogen-bond acceptors (Lipinski definition) is 9. The zero-order chi connectivity index (χ0) is 17.2. The fourth-order valence-electron chi connectivity index (χ4n) is 2.23. The molecule has 1 aliphatic rings. The summed E-state index contributed by atoms with van der Waals surface area (Å²) >= 11 is 0. The lowest BCUT2D eigenvalue weighted by molar-refractivity contribution is -0.362. The average Bonchev–Trinajstić information content (AvgIpc) is 2.97. The maximum Gasteiger partial charge on any atom is 0.352 e. The van der Waals surface area contributed by atoms with Gasteiger partial charge >= 0.3 is 17.6 Å². The first-order valence-electron chi connectivity index (χ1n) is 6.75. The Bertz CT molecular complexity index is 694. The number of esters is 1. The van der Waals surface area contributed by atoms with Gasteiger partial charge in [0.1, 0.15) is 6.23 Å². The number of nitrogens with zero attached hydrogens (tertiary/aromatic N) is 1. The van der Waals surface area contributed by atoms with Crippen LogP contribution in [0.2, 0.25) is 0 Å². The third-order valence-corrected chi connectivity index (χ3v) is 3.37. The molecule has 2 heterocycles. The van der Waals surface area contributed by atoms with E-state index < -0.39 is 48.7 Å². The van der Waals surface area contributed by atoms with E-state index in [0.29, 0.717) is 0 Å². The Morgan fingerprint density at radius 3 is 2.78 bits per heavy atom. The predicted octanol–water partition coefficient (Wildman–Crippen LogP) is -3.15. The third kappa shape index (κ3) is 3.65. The monoisotopic (exact) mass is 331 g/mol. The van der Waals surface area contributed by atoms with Gasteiger partial charge in [-0.1, -0.05) is 0 Å². The summed E-state index contributed by atoms with van der Waals surface area (Å²) in [5, 5.41) is 28.5. The molecule has 0 radical (unpaired) electrons. The van der Waals surface area contributed by atoms with Crippen LogP contribution in [0.25, 0.3) is 0 Å². The van der Waals surface area contributed by atoms with Gasteiger partial charge in [-0.2, -0.15) is 0 Å². The lowest BCUT2D eigenvalue weighted by atomic mass is 10.2. The van der Waals surface area contributed by atoms with Crippen LogP contribution in [-0.2, 0) is 20.9 Å². The molecule has 0 bridgehead atoms. The van der Waals surface area contributed by atoms with Gasteiger partial charge in [-0.05, 0) is 12.8 Å². The molecule has 0 spiro atoms. The molecule has 2 rings (SSSR count). The number of aromatic nitrogens is 2. The first-order valence-corrected chi connectivity index (χ1v) is 6.75. The summed E-state index contributed by atoms with van der Waals surface area (Å²) in [6.45, 7) is -1.12. The standard InChI is InChI=1S/C12H17N3O8/c13-3-9(17)23-12(20,21)7-1-2-8(22-7)15-4-6(5-16)10(18)14-11(15)19/h4,7-8,16,20-21H,1-3,5,13H2,(H,14,18,19). The lowest BCUT2D eigenvalue weighted by Crippen LogP contribution is -2.47. The maximum absolute atomic E-state index is 11.8. The molecular formula is C12H17N3O8. The topological polar surface area (TPSA) is 177 Å². The second-order valence-electron chi connectivity index (χ2n) is 4.97. The summed E-state index contributed by atoms with van der Waals surface area (Å²) in [6, 6.07) is 0. The molecule has 2 atom stereocenters. The van der Waals surface area contributed by atoms with Crippen LogP contribution >= 0.6 is 0 Å². The van der Waals surface area contributed by atoms with Crippen molar-refractivity contribution >= 4 is 5.97 Å². The zero-order valence-corrected chi connectivity index (χ0v) is 12.0. The van der Waals surface area contributed by atoms with E-state index in [1.54, 1.807) is 0 Å². The summed E-state index contributed by atoms with van der Waals surface area (Å²) in [5.74, 6) is -3.93. The second-order valence-corrected chi connectivity index (χ2v) is 4.97. The van der Waals surface area contributed by atoms with Gasteiger partial charge in [0, 0.05) is 6.20 Å². The van der Waals surface area contributed by atoms with Crippen molar-refractivity contribution < 1.29 is 29.6 Å². The molecule has 0 amide bonds. The van der Waals surface area contributed by atoms with Crippen LogP contribution in [0.3, 0.4) is 0 Å². The zero-order valence-electron chi connectivity index (χ0n) is 12.0. The molecule has 0 saturated carbocycles. The summed E-state index contributed by atoms with van der Waals surface area (Å²) in [4.78, 5) is 36.3. The number of nitrogens with two attached hydrogens (primary N) is 1. The van der Waals surface area contributed by atoms with Gasteiger partial charge in [0.15, 0.2) is 6.10 Å². The van der Waals surface area contributed by atoms with Gasteiger partial charge in [-0.3, -0.25) is 19.1 Å². The highest BCUT2D eigenvalue weighted by Crippen LogP contribution is 2.32. The first-order chi connectivity index (χ1) is 10.8. The Kier molecular flexibility index (Phi) is 4.97. The number of nitrogens with one attached hydrogen (secondary N) is 1. The largest absolute Gasteiger partial charge is 0.405 e. The van der Waals surface area contributed by atoms with Crippen LogP contribution in [0.4, 0.5) is 0 Å². The van der Waals surface area contributed by atoms with E-state index in [0.717, 1.165) is 10.8 Å². The second kappa shape index (κ2) is 6.60. The minimum absolute atomic E-state index is 0.0505. The molecule has 1 saturated heterocycles. The Labute approximate surface area is 128 Å². The van der Waals surface area contributed by atoms with E-state index in [9.17, 15) is 24.6 Å². The SMILES string of the molecule is NCC(=O)OC(O)(O)C1CCC(n2cc(CO)c(=O)[nH]c2=O)O1. The van der Waals surface area contributed by atoms with Crippen molar-refractivity contribution in [3.8, 4) is 0 Å². The van der Waals surface area contributed by atoms with E-state index in [1.165, 1.54) is 0 Å². The van der Waals surface area contributed by atoms with Crippen molar-refractivity contribution in [1.82, 2.24) is 9.55 Å². The van der Waals surface area contributed by atoms with E-state index in [-0.39, 0.29) is 18.4 Å². The smallest absolute Gasteiger partial charge is 0.352 e. The van der Waals surface area contributed by atoms with Crippen molar-refractivity contribution in [2.24, 2.45) is 5.73 Å². The van der Waals surface area contributed by atoms with Gasteiger partial charge in [0.25, 0.3) is 5.56 Å². The van der Waals surface area contributed by atoms with Crippen LogP contribution in [0, 0.1) is 0 Å². The molecule has 23 heavy (non-hydrogen) atoms. The molecule has 11 nitrogen and oxygen atoms in total. The van der Waals surface area contributed by atoms with E-state index in [4.69, 9.17) is 15.6 Å². The highest BCUT2D eigenvalue weighted by Gasteiger charge is 2.45. The number of aromatic amines is 1. The number of carbonyl (C=O) groups is 1. The molecule has 0 aromatic carbocycles. The molecule has 128 valence electrons. The summed E-state index contributed by atoms with van der Waals surface area (Å²) in [7, 11) is 0. The van der Waals surface area contributed by atoms with E-state index in [2.05, 4.69) is 4.74 Å². The fourth-order valence-corrected chi connectivity index (χ4v) is 2.23. The van der Waals surface area contributed by atoms with Crippen molar-refractivity contribution in [2.75, 3.05) is 6.54 Å². The van der Waals surface area contributed by atoms with Crippen molar-refractivity contribution in [1.29, 1.82) is 0 Å². The number of rotatable bonds is 5. The van der Waals surface area contributed by atoms with Crippen LogP contribution < -0.4 is 17.0 Å². The van der Waals surface area contributed by atoms with Crippen molar-refractivity contribution in [3.05, 3.63) is 32.6 Å². The lowest BCUT2D eigenvalue weighted by Gasteiger charge is -2.27. The molecule has 11 heteroatoms. The number of hydrogen-bond donors (Lipinski definition) is 5. The average molecular weight is 331 g/mol. The molecule has 1 fully saturated rings. The normalized spacial score (nSPS) is 21.4. The highest BCUT2D eigenvalue weighted by atomic mass is 16.8. The Morgan fingerprint density at radius 1 is 1.48 bits per heavy atom. The number of aliphatic hydroxyl groups excluding tert-OH is 1. The van der Waals surface area contributed by atoms with Crippen LogP contribution in [0.15, 0.2) is 15.8 Å². The summed E-state index contributed by atoms with van der Waals surface area (Å²) in [6.07, 6.45) is -0.860. The molecule has 1 aromatic heterocycles. The number of carbonyl (C=O) groups excluding carboxylic acids is 1. The summed E-state index contributed by atoms with van der Waals surface area (Å²) in [5.41, 5.74) is 3.47. The molecule has 1 aliphatic heterocycles. The minimum atomic E-state index is -2.89. The molecule has 6 N–H and O–H groups in total. The van der Waals surface area contributed by atoms with Gasteiger partial charge in [-0.15, -0.1) is 0 Å². The van der Waals surface area contributed by atoms with Crippen LogP contribution in [0.5, 0.6) is 0 Å². The van der Waals surface area contributed by atoms with Gasteiger partial charge in [0.05, 0.1) is 18.7 Å². The Hall–Kier alpha value is -2.05. The predicted molar refractivity (Wildman–Crippen MR) is 72.7 cm³/mol. The quantitative estimate of drug-likeness (QED) is 0.275. The Morgan fingerprint density at radius 2 is 2.17 bits per heavy atom. The number of H-pyrrole nitrogens is 1. The third-order valence-electron chi connectivity index (χ3n) is 3.37. The van der Waals surface area contributed by atoms with Crippen LogP contribution in [0.1, 0.15) is 24.6 Å². The minimum Gasteiger partial charge on any atom is -0.405 e. The maximum atomic E-state index is 11.8. The Balaban J connectivity index is 2.19. The highest BCUT2D eigenvalue weighted by molar-refractivity contribution is 5.71. The van der Waals surface area contributed by atoms with E-state index >= 15 is 0 Å². The molecule has 0 aliphatic carbocycles. The van der Waals surface area contributed by atoms with Crippen molar-refractivity contribution in [2.45, 2.75) is 37.8 Å². The first kappa shape index (κ1) is 17.3. The molecular weight excluding hydrogens is 314 g/mol. The molecule has 2 unspecified atom stereocenters. The number of aliphatic hydroxyl groups is 3. The van der Waals surface area contributed by atoms with Gasteiger partial charge in [0.2, 0.25) is 0 Å². The van der Waals surface area contributed by atoms with Gasteiger partial charge in [-0.25, -0.2) is 4.79 Å². The van der Waals surface area contributed by atoms with E-state index in [1.807, 2.05) is 4.98 Å². The number of ether oxygens (including phenoxy) is 2. The van der Waals surface area contributed by atoms with Crippen molar-refractivity contribution in [3.63, 3.8) is 0 Å². The van der Waals surface area contributed by atoms with Crippen LogP contribution in [-0.4, -0.2) is 49.5 Å². The summed E-state index contributed by atoms with van der Waals surface area (Å²) < 4.78 is 10.7. The molecule has 1 aromatic rings. The fraction of sp³-hybridized carbons (Fsp3) is 0.583.